The molecule has 3 atom stereocenters. The molecule has 1 unspecified atom stereocenters. The van der Waals surface area contributed by atoms with Crippen LogP contribution in [0.1, 0.15) is 100 Å². The molecule has 2 bridgehead atoms. The van der Waals surface area contributed by atoms with Gasteiger partial charge in [0.25, 0.3) is 0 Å². The minimum absolute atomic E-state index is 0.163. The molecule has 1 aromatic carbocycles. The molecule has 2 saturated heterocycles. The van der Waals surface area contributed by atoms with Crippen LogP contribution in [0.4, 0.5) is 4.79 Å². The molecule has 34 heavy (non-hydrogen) atoms. The van der Waals surface area contributed by atoms with Crippen LogP contribution in [0.15, 0.2) is 24.3 Å². The zero-order chi connectivity index (χ0) is 24.3. The summed E-state index contributed by atoms with van der Waals surface area (Å²) >= 11 is 0. The van der Waals surface area contributed by atoms with Crippen molar-refractivity contribution >= 4 is 12.0 Å². The van der Waals surface area contributed by atoms with Crippen molar-refractivity contribution in [1.82, 2.24) is 9.80 Å². The Hall–Kier alpha value is -2.08. The van der Waals surface area contributed by atoms with Gasteiger partial charge in [-0.15, -0.1) is 0 Å². The number of fused-ring (bicyclic) bond motifs is 2. The number of hydrogen-bond acceptors (Lipinski definition) is 4. The number of ether oxygens (including phenoxy) is 1. The van der Waals surface area contributed by atoms with E-state index in [0.717, 1.165) is 32.5 Å². The molecular formula is C28H43N3O3. The average molecular weight is 470 g/mol. The molecule has 6 nitrogen and oxygen atoms in total. The minimum Gasteiger partial charge on any atom is -0.444 e. The molecule has 2 N–H and O–H groups in total. The molecule has 188 valence electrons. The maximum absolute atomic E-state index is 13.1. The monoisotopic (exact) mass is 469 g/mol. The van der Waals surface area contributed by atoms with Crippen LogP contribution < -0.4 is 5.73 Å². The highest BCUT2D eigenvalue weighted by atomic mass is 16.6. The number of benzene rings is 1. The zero-order valence-corrected chi connectivity index (χ0v) is 21.3. The van der Waals surface area contributed by atoms with E-state index in [0.29, 0.717) is 29.5 Å². The number of carbonyl (C=O) groups excluding carboxylic acids is 2. The summed E-state index contributed by atoms with van der Waals surface area (Å²) in [5, 5.41) is 0. The van der Waals surface area contributed by atoms with Crippen LogP contribution in [0.3, 0.4) is 0 Å². The second-order valence-electron chi connectivity index (χ2n) is 11.7. The summed E-state index contributed by atoms with van der Waals surface area (Å²) in [5.41, 5.74) is 6.87. The third-order valence-corrected chi connectivity index (χ3v) is 8.01. The normalized spacial score (nSPS) is 25.8. The Bertz CT molecular complexity index is 845. The Morgan fingerprint density at radius 3 is 2.35 bits per heavy atom. The molecule has 6 heteroatoms. The summed E-state index contributed by atoms with van der Waals surface area (Å²) in [6.07, 6.45) is 10.8. The molecule has 1 saturated carbocycles. The first-order chi connectivity index (χ1) is 16.2. The fraction of sp³-hybridized carbons (Fsp3) is 0.714. The van der Waals surface area contributed by atoms with Gasteiger partial charge in [0.15, 0.2) is 0 Å². The summed E-state index contributed by atoms with van der Waals surface area (Å²) in [4.78, 5) is 29.3. The van der Waals surface area contributed by atoms with Crippen LogP contribution in [-0.4, -0.2) is 59.1 Å². The smallest absolute Gasteiger partial charge is 0.410 e. The van der Waals surface area contributed by atoms with Crippen LogP contribution in [0.25, 0.3) is 0 Å². The van der Waals surface area contributed by atoms with Gasteiger partial charge in [-0.25, -0.2) is 4.79 Å². The standard InChI is InChI=1S/C28H43N3O3/c1-28(2,3)34-27(33)30(19-20-8-5-4-6-9-20)14-15-31-24-12-13-25(31)18-23(17-24)21-10-7-11-22(16-21)26(29)32/h7,10-11,16,20,23-25H,4-6,8-9,12-15,17-19H2,1-3H3,(H2,29,32)/t23?,24-,25+. The van der Waals surface area contributed by atoms with Gasteiger partial charge in [-0.05, 0) is 88.8 Å². The highest BCUT2D eigenvalue weighted by Crippen LogP contribution is 2.43. The van der Waals surface area contributed by atoms with Crippen molar-refractivity contribution < 1.29 is 14.3 Å². The first-order valence-corrected chi connectivity index (χ1v) is 13.3. The van der Waals surface area contributed by atoms with Gasteiger partial charge in [0.1, 0.15) is 5.60 Å². The zero-order valence-electron chi connectivity index (χ0n) is 21.3. The van der Waals surface area contributed by atoms with E-state index < -0.39 is 5.60 Å². The maximum atomic E-state index is 13.1. The lowest BCUT2D eigenvalue weighted by molar-refractivity contribution is 0.0159. The van der Waals surface area contributed by atoms with Crippen molar-refractivity contribution in [1.29, 1.82) is 0 Å². The molecular weight excluding hydrogens is 426 g/mol. The van der Waals surface area contributed by atoms with Crippen molar-refractivity contribution in [3.8, 4) is 0 Å². The number of primary amides is 1. The lowest BCUT2D eigenvalue weighted by Gasteiger charge is -2.40. The second-order valence-corrected chi connectivity index (χ2v) is 11.7. The topological polar surface area (TPSA) is 75.9 Å². The highest BCUT2D eigenvalue weighted by Gasteiger charge is 2.41. The van der Waals surface area contributed by atoms with Crippen molar-refractivity contribution in [3.63, 3.8) is 0 Å². The van der Waals surface area contributed by atoms with Gasteiger partial charge in [-0.2, -0.15) is 0 Å². The van der Waals surface area contributed by atoms with Gasteiger partial charge >= 0.3 is 6.09 Å². The van der Waals surface area contributed by atoms with E-state index in [-0.39, 0.29) is 12.0 Å². The summed E-state index contributed by atoms with van der Waals surface area (Å²) in [5.74, 6) is 0.709. The molecule has 2 aliphatic heterocycles. The molecule has 3 aliphatic rings. The number of nitrogens with zero attached hydrogens (tertiary/aromatic N) is 2. The number of piperidine rings is 1. The van der Waals surface area contributed by atoms with Gasteiger partial charge in [0, 0.05) is 37.3 Å². The second kappa shape index (κ2) is 10.7. The predicted molar refractivity (Wildman–Crippen MR) is 135 cm³/mol. The van der Waals surface area contributed by atoms with E-state index in [4.69, 9.17) is 10.5 Å². The third-order valence-electron chi connectivity index (χ3n) is 8.01. The largest absolute Gasteiger partial charge is 0.444 e. The number of nitrogens with two attached hydrogens (primary N) is 1. The van der Waals surface area contributed by atoms with Gasteiger partial charge in [0.2, 0.25) is 5.91 Å². The molecule has 2 heterocycles. The Kier molecular flexibility index (Phi) is 7.86. The van der Waals surface area contributed by atoms with Crippen LogP contribution in [0.2, 0.25) is 0 Å². The molecule has 2 amide bonds. The Labute approximate surface area is 205 Å². The van der Waals surface area contributed by atoms with E-state index in [1.54, 1.807) is 6.07 Å². The number of rotatable bonds is 7. The van der Waals surface area contributed by atoms with E-state index in [9.17, 15) is 9.59 Å². The number of carbonyl (C=O) groups is 2. The van der Waals surface area contributed by atoms with Crippen molar-refractivity contribution in [2.45, 2.75) is 102 Å². The van der Waals surface area contributed by atoms with Gasteiger partial charge in [-0.1, -0.05) is 31.4 Å². The quantitative estimate of drug-likeness (QED) is 0.587. The Morgan fingerprint density at radius 2 is 1.74 bits per heavy atom. The Balaban J connectivity index is 1.38. The van der Waals surface area contributed by atoms with E-state index in [1.165, 1.54) is 50.5 Å². The molecule has 0 spiro atoms. The van der Waals surface area contributed by atoms with Crippen molar-refractivity contribution in [3.05, 3.63) is 35.4 Å². The Morgan fingerprint density at radius 1 is 1.06 bits per heavy atom. The third kappa shape index (κ3) is 6.32. The van der Waals surface area contributed by atoms with Gasteiger partial charge in [-0.3, -0.25) is 9.69 Å². The predicted octanol–water partition coefficient (Wildman–Crippen LogP) is 5.31. The molecule has 3 fully saturated rings. The summed E-state index contributed by atoms with van der Waals surface area (Å²) in [6, 6.07) is 8.95. The molecule has 1 aliphatic carbocycles. The molecule has 0 radical (unpaired) electrons. The van der Waals surface area contributed by atoms with Crippen molar-refractivity contribution in [2.24, 2.45) is 11.7 Å². The summed E-state index contributed by atoms with van der Waals surface area (Å²) in [7, 11) is 0. The fourth-order valence-corrected chi connectivity index (χ4v) is 6.36. The summed E-state index contributed by atoms with van der Waals surface area (Å²) in [6.45, 7) is 8.31. The lowest BCUT2D eigenvalue weighted by Crippen LogP contribution is -2.48. The van der Waals surface area contributed by atoms with Crippen LogP contribution in [0, 0.1) is 5.92 Å². The van der Waals surface area contributed by atoms with Crippen LogP contribution >= 0.6 is 0 Å². The van der Waals surface area contributed by atoms with Crippen LogP contribution in [0.5, 0.6) is 0 Å². The number of hydrogen-bond donors (Lipinski definition) is 1. The summed E-state index contributed by atoms with van der Waals surface area (Å²) < 4.78 is 5.79. The molecule has 4 rings (SSSR count). The fourth-order valence-electron chi connectivity index (χ4n) is 6.36. The first kappa shape index (κ1) is 25.0. The van der Waals surface area contributed by atoms with Gasteiger partial charge < -0.3 is 15.4 Å². The van der Waals surface area contributed by atoms with Crippen molar-refractivity contribution in [2.75, 3.05) is 19.6 Å². The number of amides is 2. The van der Waals surface area contributed by atoms with E-state index >= 15 is 0 Å². The lowest BCUT2D eigenvalue weighted by atomic mass is 9.84. The van der Waals surface area contributed by atoms with E-state index in [1.807, 2.05) is 37.8 Å². The minimum atomic E-state index is -0.473. The molecule has 1 aromatic rings. The molecule has 0 aromatic heterocycles. The van der Waals surface area contributed by atoms with E-state index in [2.05, 4.69) is 11.0 Å². The highest BCUT2D eigenvalue weighted by molar-refractivity contribution is 5.92. The first-order valence-electron chi connectivity index (χ1n) is 13.3. The SMILES string of the molecule is CC(C)(C)OC(=O)N(CCN1[C@@H]2CC[C@H]1CC(c1cccc(C(N)=O)c1)C2)CC1CCCCC1. The van der Waals surface area contributed by atoms with Gasteiger partial charge in [0.05, 0.1) is 0 Å². The average Bonchev–Trinajstić information content (AvgIpc) is 3.02. The van der Waals surface area contributed by atoms with Crippen LogP contribution in [-0.2, 0) is 4.74 Å². The maximum Gasteiger partial charge on any atom is 0.410 e.